The largest absolute Gasteiger partial charge is 0.378 e. The predicted octanol–water partition coefficient (Wildman–Crippen LogP) is 1.40. The van der Waals surface area contributed by atoms with Gasteiger partial charge in [0.1, 0.15) is 5.82 Å². The number of amides is 3. The number of rotatable bonds is 8. The minimum absolute atomic E-state index is 0.0539. The predicted molar refractivity (Wildman–Crippen MR) is 139 cm³/mol. The summed E-state index contributed by atoms with van der Waals surface area (Å²) in [6.07, 6.45) is 3.63. The highest BCUT2D eigenvalue weighted by Crippen LogP contribution is 2.34. The molecule has 1 aliphatic carbocycles. The number of morpholine rings is 1. The van der Waals surface area contributed by atoms with E-state index >= 15 is 0 Å². The van der Waals surface area contributed by atoms with Gasteiger partial charge < -0.3 is 25.6 Å². The third-order valence-electron chi connectivity index (χ3n) is 6.11. The fourth-order valence-electron chi connectivity index (χ4n) is 3.75. The minimum atomic E-state index is -3.79. The molecule has 13 heteroatoms. The second kappa shape index (κ2) is 10.7. The summed E-state index contributed by atoms with van der Waals surface area (Å²) in [5.41, 5.74) is 0.426. The van der Waals surface area contributed by atoms with Crippen LogP contribution in [0.2, 0.25) is 0 Å². The number of anilines is 4. The van der Waals surface area contributed by atoms with Gasteiger partial charge in [-0.3, -0.25) is 18.7 Å². The van der Waals surface area contributed by atoms with Gasteiger partial charge in [-0.15, -0.1) is 0 Å². The van der Waals surface area contributed by atoms with E-state index < -0.39 is 22.9 Å². The van der Waals surface area contributed by atoms with E-state index in [1.807, 2.05) is 5.32 Å². The van der Waals surface area contributed by atoms with Crippen molar-refractivity contribution in [3.63, 3.8) is 0 Å². The highest BCUT2D eigenvalue weighted by atomic mass is 32.2. The molecule has 0 radical (unpaired) electrons. The van der Waals surface area contributed by atoms with Crippen molar-refractivity contribution in [1.29, 1.82) is 0 Å². The summed E-state index contributed by atoms with van der Waals surface area (Å²) in [6, 6.07) is 5.77. The summed E-state index contributed by atoms with van der Waals surface area (Å²) >= 11 is 0. The zero-order valence-electron chi connectivity index (χ0n) is 23.4. The standard InChI is InChI=1S/C24H30N6O6S/c1-25-23(32)17-14-26-21(28-22(31)15-4-5-15)13-19(17)27-18-7-6-16(12-20(18)29(2)37(3,34)35)24(33)30-8-10-36-11-9-30/h6-7,12-15H,4-5,8-11H2,1-3H3,(H,25,32)(H2,26,27,28,31)/i1D3. The van der Waals surface area contributed by atoms with Crippen LogP contribution in [0.15, 0.2) is 30.5 Å². The van der Waals surface area contributed by atoms with E-state index in [9.17, 15) is 22.8 Å². The smallest absolute Gasteiger partial charge is 0.254 e. The maximum Gasteiger partial charge on any atom is 0.254 e. The lowest BCUT2D eigenvalue weighted by molar-refractivity contribution is -0.117. The summed E-state index contributed by atoms with van der Waals surface area (Å²) < 4.78 is 53.4. The summed E-state index contributed by atoms with van der Waals surface area (Å²) in [4.78, 5) is 43.9. The van der Waals surface area contributed by atoms with Crippen LogP contribution in [0.3, 0.4) is 0 Å². The maximum atomic E-state index is 13.1. The van der Waals surface area contributed by atoms with E-state index in [0.29, 0.717) is 26.3 Å². The molecule has 198 valence electrons. The molecule has 0 atom stereocenters. The van der Waals surface area contributed by atoms with Gasteiger partial charge >= 0.3 is 0 Å². The molecule has 2 aromatic rings. The first kappa shape index (κ1) is 22.5. The highest BCUT2D eigenvalue weighted by Gasteiger charge is 2.30. The van der Waals surface area contributed by atoms with Crippen LogP contribution in [0.5, 0.6) is 0 Å². The average molecular weight is 534 g/mol. The summed E-state index contributed by atoms with van der Waals surface area (Å²) in [7, 11) is -2.48. The third kappa shape index (κ3) is 6.17. The van der Waals surface area contributed by atoms with E-state index in [-0.39, 0.29) is 51.7 Å². The number of nitrogens with zero attached hydrogens (tertiary/aromatic N) is 3. The van der Waals surface area contributed by atoms with E-state index in [4.69, 9.17) is 8.85 Å². The Morgan fingerprint density at radius 3 is 2.54 bits per heavy atom. The number of carbonyl (C=O) groups excluding carboxylic acids is 3. The zero-order chi connectivity index (χ0) is 29.2. The SMILES string of the molecule is [2H]C([2H])([2H])NC(=O)c1cnc(NC(=O)C2CC2)cc1Nc1ccc(C(=O)N2CCOCC2)cc1N(C)S(C)(=O)=O. The van der Waals surface area contributed by atoms with Crippen LogP contribution in [0, 0.1) is 5.92 Å². The second-order valence-corrected chi connectivity index (χ2v) is 10.8. The molecule has 2 fully saturated rings. The van der Waals surface area contributed by atoms with Crippen LogP contribution in [0.1, 0.15) is 37.7 Å². The Morgan fingerprint density at radius 2 is 1.89 bits per heavy atom. The van der Waals surface area contributed by atoms with Gasteiger partial charge in [-0.05, 0) is 31.0 Å². The van der Waals surface area contributed by atoms with Gasteiger partial charge in [-0.2, -0.15) is 0 Å². The molecular formula is C24H30N6O6S. The number of sulfonamides is 1. The Balaban J connectivity index is 1.74. The first-order chi connectivity index (χ1) is 18.7. The molecule has 1 saturated carbocycles. The molecule has 0 bridgehead atoms. The van der Waals surface area contributed by atoms with Crippen molar-refractivity contribution >= 4 is 50.6 Å². The minimum Gasteiger partial charge on any atom is -0.378 e. The zero-order valence-corrected chi connectivity index (χ0v) is 21.2. The van der Waals surface area contributed by atoms with E-state index in [2.05, 4.69) is 15.6 Å². The Hall–Kier alpha value is -3.71. The number of ether oxygens (including phenoxy) is 1. The number of nitrogens with one attached hydrogen (secondary N) is 3. The van der Waals surface area contributed by atoms with Crippen molar-refractivity contribution < 1.29 is 31.7 Å². The van der Waals surface area contributed by atoms with Gasteiger partial charge in [0.05, 0.1) is 42.1 Å². The molecule has 1 aliphatic heterocycles. The highest BCUT2D eigenvalue weighted by molar-refractivity contribution is 7.92. The fourth-order valence-corrected chi connectivity index (χ4v) is 4.26. The van der Waals surface area contributed by atoms with E-state index in [0.717, 1.165) is 29.6 Å². The molecule has 2 heterocycles. The molecule has 3 amide bonds. The Labute approximate surface area is 219 Å². The van der Waals surface area contributed by atoms with Gasteiger partial charge in [0, 0.05) is 55.0 Å². The van der Waals surface area contributed by atoms with Gasteiger partial charge in [-0.1, -0.05) is 0 Å². The van der Waals surface area contributed by atoms with Gasteiger partial charge in [0.15, 0.2) is 0 Å². The number of hydrogen-bond donors (Lipinski definition) is 3. The second-order valence-electron chi connectivity index (χ2n) is 8.82. The summed E-state index contributed by atoms with van der Waals surface area (Å²) in [5.74, 6) is -1.51. The number of pyridine rings is 1. The van der Waals surface area contributed by atoms with Crippen LogP contribution in [0.25, 0.3) is 0 Å². The lowest BCUT2D eigenvalue weighted by atomic mass is 10.1. The summed E-state index contributed by atoms with van der Waals surface area (Å²) in [5, 5.41) is 7.54. The average Bonchev–Trinajstić information content (AvgIpc) is 3.73. The first-order valence-electron chi connectivity index (χ1n) is 13.1. The van der Waals surface area contributed by atoms with Gasteiger partial charge in [0.25, 0.3) is 11.8 Å². The van der Waals surface area contributed by atoms with Crippen LogP contribution >= 0.6 is 0 Å². The van der Waals surface area contributed by atoms with Crippen molar-refractivity contribution in [2.45, 2.75) is 12.8 Å². The van der Waals surface area contributed by atoms with Crippen molar-refractivity contribution in [3.05, 3.63) is 41.6 Å². The molecule has 0 unspecified atom stereocenters. The lowest BCUT2D eigenvalue weighted by Crippen LogP contribution is -2.40. The van der Waals surface area contributed by atoms with E-state index in [1.54, 1.807) is 4.90 Å². The molecular weight excluding hydrogens is 500 g/mol. The van der Waals surface area contributed by atoms with E-state index in [1.165, 1.54) is 31.3 Å². The number of aromatic nitrogens is 1. The molecule has 1 aromatic carbocycles. The fraction of sp³-hybridized carbons (Fsp3) is 0.417. The van der Waals surface area contributed by atoms with Crippen LogP contribution in [-0.2, 0) is 19.6 Å². The Bertz CT molecular complexity index is 1420. The third-order valence-corrected chi connectivity index (χ3v) is 7.30. The van der Waals surface area contributed by atoms with Crippen LogP contribution in [-0.4, -0.2) is 82.6 Å². The Morgan fingerprint density at radius 1 is 1.16 bits per heavy atom. The molecule has 1 aromatic heterocycles. The van der Waals surface area contributed by atoms with Gasteiger partial charge in [0.2, 0.25) is 15.9 Å². The molecule has 4 rings (SSSR count). The monoisotopic (exact) mass is 533 g/mol. The molecule has 2 aliphatic rings. The maximum absolute atomic E-state index is 13.1. The molecule has 37 heavy (non-hydrogen) atoms. The number of carbonyl (C=O) groups is 3. The lowest BCUT2D eigenvalue weighted by Gasteiger charge is -2.28. The van der Waals surface area contributed by atoms with Crippen molar-refractivity contribution in [2.24, 2.45) is 5.92 Å². The van der Waals surface area contributed by atoms with Crippen molar-refractivity contribution in [3.8, 4) is 0 Å². The molecule has 3 N–H and O–H groups in total. The quantitative estimate of drug-likeness (QED) is 0.461. The van der Waals surface area contributed by atoms with Crippen LogP contribution < -0.4 is 20.3 Å². The first-order valence-corrected chi connectivity index (χ1v) is 13.4. The number of benzene rings is 1. The normalized spacial score (nSPS) is 17.1. The molecule has 12 nitrogen and oxygen atoms in total. The van der Waals surface area contributed by atoms with Gasteiger partial charge in [-0.25, -0.2) is 13.4 Å². The Kier molecular flexibility index (Phi) is 6.52. The van der Waals surface area contributed by atoms with Crippen LogP contribution in [0.4, 0.5) is 22.9 Å². The van der Waals surface area contributed by atoms with Crippen molar-refractivity contribution in [2.75, 3.05) is 61.5 Å². The molecule has 1 saturated heterocycles. The topological polar surface area (TPSA) is 150 Å². The van der Waals surface area contributed by atoms with Crippen molar-refractivity contribution in [1.82, 2.24) is 15.2 Å². The molecule has 0 spiro atoms. The number of hydrogen-bond acceptors (Lipinski definition) is 8. The summed E-state index contributed by atoms with van der Waals surface area (Å²) in [6.45, 7) is -1.21.